The lowest BCUT2D eigenvalue weighted by atomic mass is 10.1. The van der Waals surface area contributed by atoms with Crippen molar-refractivity contribution >= 4 is 45.5 Å². The van der Waals surface area contributed by atoms with Crippen LogP contribution in [-0.4, -0.2) is 47.1 Å². The smallest absolute Gasteiger partial charge is 0.329 e. The molecular weight excluding hydrogens is 494 g/mol. The molecule has 0 aromatic heterocycles. The van der Waals surface area contributed by atoms with Gasteiger partial charge in [0.1, 0.15) is 6.04 Å². The minimum Gasteiger partial charge on any atom is -0.454 e. The van der Waals surface area contributed by atoms with E-state index >= 15 is 0 Å². The zero-order valence-corrected chi connectivity index (χ0v) is 19.4. The van der Waals surface area contributed by atoms with Crippen molar-refractivity contribution in [1.29, 1.82) is 0 Å². The number of esters is 1. The number of unbranched alkanes of at least 4 members (excludes halogenated alkanes) is 1. The maximum Gasteiger partial charge on any atom is 0.329 e. The number of nitrogens with one attached hydrogen (secondary N) is 2. The van der Waals surface area contributed by atoms with Crippen molar-refractivity contribution in [3.63, 3.8) is 0 Å². The van der Waals surface area contributed by atoms with E-state index in [-0.39, 0.29) is 17.5 Å². The van der Waals surface area contributed by atoms with Crippen molar-refractivity contribution in [1.82, 2.24) is 15.8 Å². The Bertz CT molecular complexity index is 1050. The number of nitrogens with zero attached hydrogens (tertiary/aromatic N) is 1. The first-order valence-corrected chi connectivity index (χ1v) is 11.1. The van der Waals surface area contributed by atoms with Gasteiger partial charge in [0, 0.05) is 10.0 Å². The molecule has 2 aromatic rings. The highest BCUT2D eigenvalue weighted by Crippen LogP contribution is 2.26. The molecule has 33 heavy (non-hydrogen) atoms. The number of halogens is 1. The first-order valence-electron chi connectivity index (χ1n) is 10.3. The number of benzene rings is 2. The second kappa shape index (κ2) is 10.9. The summed E-state index contributed by atoms with van der Waals surface area (Å²) >= 11 is 3.26. The summed E-state index contributed by atoms with van der Waals surface area (Å²) in [6.45, 7) is 1.22. The molecule has 0 bridgehead atoms. The first-order chi connectivity index (χ1) is 15.8. The van der Waals surface area contributed by atoms with Crippen LogP contribution in [0.25, 0.3) is 0 Å². The fraction of sp³-hybridized carbons (Fsp3) is 0.261. The lowest BCUT2D eigenvalue weighted by Crippen LogP contribution is -2.47. The second-order valence-electron chi connectivity index (χ2n) is 7.30. The van der Waals surface area contributed by atoms with Crippen LogP contribution in [-0.2, 0) is 14.3 Å². The highest BCUT2D eigenvalue weighted by Gasteiger charge is 2.43. The van der Waals surface area contributed by atoms with E-state index in [1.165, 1.54) is 12.1 Å². The Morgan fingerprint density at radius 2 is 1.58 bits per heavy atom. The molecule has 1 aliphatic rings. The molecule has 0 radical (unpaired) electrons. The average Bonchev–Trinajstić information content (AvgIpc) is 3.07. The largest absolute Gasteiger partial charge is 0.454 e. The molecule has 10 heteroatoms. The molecule has 0 fully saturated rings. The van der Waals surface area contributed by atoms with E-state index in [0.29, 0.717) is 12.0 Å². The van der Waals surface area contributed by atoms with E-state index in [4.69, 9.17) is 4.74 Å². The van der Waals surface area contributed by atoms with Gasteiger partial charge in [-0.2, -0.15) is 0 Å². The Balaban J connectivity index is 1.58. The standard InChI is InChI=1S/C23H22BrN3O6/c1-2-3-8-18(27-21(30)16-6-4-5-7-17(16)22(27)31)23(32)33-13-19(28)25-26-20(29)14-9-11-15(24)12-10-14/h4-7,9-12,18H,2-3,8,13H2,1H3,(H,25,28)(H,26,29)/t18-/m0/s1. The molecule has 1 atom stereocenters. The number of fused-ring (bicyclic) bond motifs is 1. The molecule has 9 nitrogen and oxygen atoms in total. The normalized spacial score (nSPS) is 13.3. The van der Waals surface area contributed by atoms with E-state index in [2.05, 4.69) is 26.8 Å². The van der Waals surface area contributed by atoms with Gasteiger partial charge in [0.15, 0.2) is 6.61 Å². The van der Waals surface area contributed by atoms with Crippen LogP contribution in [0.5, 0.6) is 0 Å². The quantitative estimate of drug-likeness (QED) is 0.316. The number of hydrazine groups is 1. The molecule has 172 valence electrons. The topological polar surface area (TPSA) is 122 Å². The van der Waals surface area contributed by atoms with E-state index in [1.54, 1.807) is 36.4 Å². The van der Waals surface area contributed by atoms with Gasteiger partial charge in [-0.3, -0.25) is 34.9 Å². The molecule has 2 aromatic carbocycles. The van der Waals surface area contributed by atoms with Crippen LogP contribution < -0.4 is 10.9 Å². The number of rotatable bonds is 8. The summed E-state index contributed by atoms with van der Waals surface area (Å²) in [7, 11) is 0. The summed E-state index contributed by atoms with van der Waals surface area (Å²) in [5, 5.41) is 0. The number of hydrogen-bond donors (Lipinski definition) is 2. The third kappa shape index (κ3) is 5.64. The number of ether oxygens (including phenoxy) is 1. The molecule has 4 amide bonds. The van der Waals surface area contributed by atoms with Crippen LogP contribution in [0.15, 0.2) is 53.0 Å². The van der Waals surface area contributed by atoms with Gasteiger partial charge < -0.3 is 4.74 Å². The maximum atomic E-state index is 12.8. The van der Waals surface area contributed by atoms with Crippen LogP contribution in [0.1, 0.15) is 57.3 Å². The number of carbonyl (C=O) groups is 5. The Labute approximate surface area is 198 Å². The molecule has 0 saturated carbocycles. The van der Waals surface area contributed by atoms with Crippen LogP contribution >= 0.6 is 15.9 Å². The fourth-order valence-corrected chi connectivity index (χ4v) is 3.57. The van der Waals surface area contributed by atoms with Gasteiger partial charge in [-0.25, -0.2) is 4.79 Å². The monoisotopic (exact) mass is 515 g/mol. The molecular formula is C23H22BrN3O6. The lowest BCUT2D eigenvalue weighted by Gasteiger charge is -2.24. The predicted octanol–water partition coefficient (Wildman–Crippen LogP) is 2.61. The summed E-state index contributed by atoms with van der Waals surface area (Å²) < 4.78 is 5.87. The Morgan fingerprint density at radius 1 is 0.970 bits per heavy atom. The zero-order chi connectivity index (χ0) is 24.0. The highest BCUT2D eigenvalue weighted by atomic mass is 79.9. The number of imide groups is 1. The van der Waals surface area contributed by atoms with Gasteiger partial charge in [-0.05, 0) is 42.8 Å². The van der Waals surface area contributed by atoms with Gasteiger partial charge >= 0.3 is 5.97 Å². The van der Waals surface area contributed by atoms with Crippen molar-refractivity contribution < 1.29 is 28.7 Å². The second-order valence-corrected chi connectivity index (χ2v) is 8.22. The van der Waals surface area contributed by atoms with Gasteiger partial charge in [0.2, 0.25) is 0 Å². The van der Waals surface area contributed by atoms with Gasteiger partial charge in [-0.15, -0.1) is 0 Å². The lowest BCUT2D eigenvalue weighted by molar-refractivity contribution is -0.152. The first kappa shape index (κ1) is 24.1. The maximum absolute atomic E-state index is 12.8. The average molecular weight is 516 g/mol. The van der Waals surface area contributed by atoms with Crippen molar-refractivity contribution in [3.8, 4) is 0 Å². The summed E-state index contributed by atoms with van der Waals surface area (Å²) in [4.78, 5) is 63.2. The van der Waals surface area contributed by atoms with E-state index < -0.39 is 42.2 Å². The minimum atomic E-state index is -1.15. The van der Waals surface area contributed by atoms with E-state index in [1.807, 2.05) is 6.92 Å². The zero-order valence-electron chi connectivity index (χ0n) is 17.8. The summed E-state index contributed by atoms with van der Waals surface area (Å²) in [5.74, 6) is -3.33. The SMILES string of the molecule is CCCC[C@@H](C(=O)OCC(=O)NNC(=O)c1ccc(Br)cc1)N1C(=O)c2ccccc2C1=O. The van der Waals surface area contributed by atoms with Gasteiger partial charge in [-0.1, -0.05) is 47.8 Å². The van der Waals surface area contributed by atoms with Gasteiger partial charge in [0.05, 0.1) is 11.1 Å². The number of amides is 4. The van der Waals surface area contributed by atoms with Crippen LogP contribution in [0.2, 0.25) is 0 Å². The molecule has 2 N–H and O–H groups in total. The Hall–Kier alpha value is -3.53. The molecule has 0 saturated heterocycles. The molecule has 0 aliphatic carbocycles. The Morgan fingerprint density at radius 3 is 2.15 bits per heavy atom. The molecule has 1 heterocycles. The number of hydrogen-bond acceptors (Lipinski definition) is 6. The predicted molar refractivity (Wildman–Crippen MR) is 121 cm³/mol. The molecule has 1 aliphatic heterocycles. The van der Waals surface area contributed by atoms with E-state index in [0.717, 1.165) is 15.8 Å². The van der Waals surface area contributed by atoms with Crippen molar-refractivity contribution in [2.45, 2.75) is 32.2 Å². The van der Waals surface area contributed by atoms with Crippen molar-refractivity contribution in [3.05, 3.63) is 69.7 Å². The van der Waals surface area contributed by atoms with Crippen LogP contribution in [0, 0.1) is 0 Å². The number of carbonyl (C=O) groups excluding carboxylic acids is 5. The minimum absolute atomic E-state index is 0.211. The highest BCUT2D eigenvalue weighted by molar-refractivity contribution is 9.10. The summed E-state index contributed by atoms with van der Waals surface area (Å²) in [6, 6.07) is 11.7. The third-order valence-electron chi connectivity index (χ3n) is 5.01. The van der Waals surface area contributed by atoms with Gasteiger partial charge in [0.25, 0.3) is 23.6 Å². The van der Waals surface area contributed by atoms with Crippen molar-refractivity contribution in [2.75, 3.05) is 6.61 Å². The van der Waals surface area contributed by atoms with Crippen LogP contribution in [0.3, 0.4) is 0 Å². The summed E-state index contributed by atoms with van der Waals surface area (Å²) in [6.07, 6.45) is 1.51. The van der Waals surface area contributed by atoms with Crippen LogP contribution in [0.4, 0.5) is 0 Å². The van der Waals surface area contributed by atoms with Crippen molar-refractivity contribution in [2.24, 2.45) is 0 Å². The summed E-state index contributed by atoms with van der Waals surface area (Å²) in [5.41, 5.74) is 5.16. The molecule has 3 rings (SSSR count). The molecule has 0 spiro atoms. The fourth-order valence-electron chi connectivity index (χ4n) is 3.31. The Kier molecular flexibility index (Phi) is 7.94. The van der Waals surface area contributed by atoms with E-state index in [9.17, 15) is 24.0 Å². The third-order valence-corrected chi connectivity index (χ3v) is 5.54. The molecule has 0 unspecified atom stereocenters.